The Kier molecular flexibility index (Phi) is 4.69. The van der Waals surface area contributed by atoms with Crippen LogP contribution in [0.15, 0.2) is 24.3 Å². The lowest BCUT2D eigenvalue weighted by Gasteiger charge is -2.26. The lowest BCUT2D eigenvalue weighted by molar-refractivity contribution is 0.0905. The molecule has 3 nitrogen and oxygen atoms in total. The molecule has 1 amide bonds. The van der Waals surface area contributed by atoms with E-state index in [1.807, 2.05) is 25.1 Å². The van der Waals surface area contributed by atoms with Crippen molar-refractivity contribution in [3.8, 4) is 0 Å². The molecule has 0 aliphatic heterocycles. The van der Waals surface area contributed by atoms with Crippen LogP contribution in [0.2, 0.25) is 0 Å². The fourth-order valence-electron chi connectivity index (χ4n) is 2.66. The molecule has 114 valence electrons. The number of aliphatic hydroxyl groups is 1. The van der Waals surface area contributed by atoms with Crippen molar-refractivity contribution in [3.63, 3.8) is 0 Å². The van der Waals surface area contributed by atoms with Gasteiger partial charge in [-0.15, -0.1) is 11.3 Å². The molecule has 0 bridgehead atoms. The van der Waals surface area contributed by atoms with Crippen LogP contribution in [-0.2, 0) is 0 Å². The maximum atomic E-state index is 12.4. The van der Waals surface area contributed by atoms with Crippen LogP contribution in [-0.4, -0.2) is 23.7 Å². The van der Waals surface area contributed by atoms with Crippen LogP contribution >= 0.6 is 11.3 Å². The van der Waals surface area contributed by atoms with Gasteiger partial charge in [-0.3, -0.25) is 4.79 Å². The average Bonchev–Trinajstić information content (AvgIpc) is 2.73. The zero-order valence-corrected chi connectivity index (χ0v) is 13.9. The van der Waals surface area contributed by atoms with Crippen LogP contribution in [0.5, 0.6) is 0 Å². The normalized spacial score (nSPS) is 13.4. The number of nitrogens with one attached hydrogen (secondary N) is 1. The first-order valence-corrected chi connectivity index (χ1v) is 8.06. The first kappa shape index (κ1) is 16.0. The highest BCUT2D eigenvalue weighted by molar-refractivity contribution is 7.21. The molecule has 2 N–H and O–H groups in total. The first-order chi connectivity index (χ1) is 9.80. The number of benzene rings is 1. The molecule has 21 heavy (non-hydrogen) atoms. The third kappa shape index (κ3) is 3.83. The monoisotopic (exact) mass is 305 g/mol. The summed E-state index contributed by atoms with van der Waals surface area (Å²) in [5.41, 5.74) is 0.926. The number of fused-ring (bicyclic) bond motifs is 1. The van der Waals surface area contributed by atoms with Gasteiger partial charge in [-0.05, 0) is 42.7 Å². The van der Waals surface area contributed by atoms with Crippen molar-refractivity contribution in [2.75, 3.05) is 6.54 Å². The number of carbonyl (C=O) groups is 1. The summed E-state index contributed by atoms with van der Waals surface area (Å²) in [6.07, 6.45) is 0.307. The highest BCUT2D eigenvalue weighted by Gasteiger charge is 2.22. The second-order valence-corrected chi connectivity index (χ2v) is 7.50. The molecule has 1 unspecified atom stereocenters. The van der Waals surface area contributed by atoms with Gasteiger partial charge < -0.3 is 10.4 Å². The number of hydrogen-bond donors (Lipinski definition) is 2. The van der Waals surface area contributed by atoms with E-state index in [0.29, 0.717) is 13.0 Å². The van der Waals surface area contributed by atoms with E-state index in [-0.39, 0.29) is 17.4 Å². The summed E-state index contributed by atoms with van der Waals surface area (Å²) in [5, 5.41) is 13.7. The van der Waals surface area contributed by atoms with Gasteiger partial charge in [-0.25, -0.2) is 0 Å². The van der Waals surface area contributed by atoms with Crippen molar-refractivity contribution < 1.29 is 9.90 Å². The number of hydrogen-bond acceptors (Lipinski definition) is 3. The minimum absolute atomic E-state index is 0.0210. The maximum Gasteiger partial charge on any atom is 0.261 e. The van der Waals surface area contributed by atoms with Gasteiger partial charge in [0.1, 0.15) is 0 Å². The number of aliphatic hydroxyl groups excluding tert-OH is 1. The number of rotatable bonds is 5. The van der Waals surface area contributed by atoms with Crippen molar-refractivity contribution in [1.29, 1.82) is 0 Å². The Morgan fingerprint density at radius 1 is 1.38 bits per heavy atom. The molecule has 1 aromatic heterocycles. The maximum absolute atomic E-state index is 12.4. The van der Waals surface area contributed by atoms with Crippen LogP contribution in [0, 0.1) is 12.3 Å². The van der Waals surface area contributed by atoms with Crippen LogP contribution in [0.25, 0.3) is 10.1 Å². The van der Waals surface area contributed by atoms with Gasteiger partial charge in [0, 0.05) is 11.2 Å². The van der Waals surface area contributed by atoms with Crippen molar-refractivity contribution in [2.45, 2.75) is 40.2 Å². The molecule has 0 saturated carbocycles. The van der Waals surface area contributed by atoms with Crippen LogP contribution < -0.4 is 5.32 Å². The molecule has 1 atom stereocenters. The van der Waals surface area contributed by atoms with Gasteiger partial charge in [-0.1, -0.05) is 32.0 Å². The van der Waals surface area contributed by atoms with Crippen molar-refractivity contribution in [1.82, 2.24) is 5.32 Å². The standard InChI is InChI=1S/C17H23NO2S/c1-11(19)9-17(3,4)10-18-16(20)15-12(2)13-7-5-6-8-14(13)21-15/h5-8,11,19H,9-10H2,1-4H3,(H,18,20). The summed E-state index contributed by atoms with van der Waals surface area (Å²) in [4.78, 5) is 13.2. The van der Waals surface area contributed by atoms with E-state index in [4.69, 9.17) is 0 Å². The zero-order chi connectivity index (χ0) is 15.6. The molecule has 0 aliphatic rings. The lowest BCUT2D eigenvalue weighted by atomic mass is 9.87. The Morgan fingerprint density at radius 3 is 2.67 bits per heavy atom. The first-order valence-electron chi connectivity index (χ1n) is 7.24. The SMILES string of the molecule is Cc1c(C(=O)NCC(C)(C)CC(C)O)sc2ccccc12. The van der Waals surface area contributed by atoms with Gasteiger partial charge in [0.15, 0.2) is 0 Å². The second-order valence-electron chi connectivity index (χ2n) is 6.45. The van der Waals surface area contributed by atoms with E-state index in [1.165, 1.54) is 11.3 Å². The van der Waals surface area contributed by atoms with Gasteiger partial charge in [0.05, 0.1) is 11.0 Å². The minimum atomic E-state index is -0.358. The second kappa shape index (κ2) is 6.16. The average molecular weight is 305 g/mol. The quantitative estimate of drug-likeness (QED) is 0.884. The third-order valence-corrected chi connectivity index (χ3v) is 4.90. The van der Waals surface area contributed by atoms with Crippen molar-refractivity contribution in [3.05, 3.63) is 34.7 Å². The Morgan fingerprint density at radius 2 is 2.05 bits per heavy atom. The van der Waals surface area contributed by atoms with E-state index >= 15 is 0 Å². The highest BCUT2D eigenvalue weighted by Crippen LogP contribution is 2.30. The summed E-state index contributed by atoms with van der Waals surface area (Å²) in [5.74, 6) is -0.0210. The molecular formula is C17H23NO2S. The molecule has 1 heterocycles. The molecule has 0 fully saturated rings. The van der Waals surface area contributed by atoms with Gasteiger partial charge in [0.25, 0.3) is 5.91 Å². The van der Waals surface area contributed by atoms with Gasteiger partial charge in [0.2, 0.25) is 0 Å². The smallest absolute Gasteiger partial charge is 0.261 e. The molecule has 0 spiro atoms. The summed E-state index contributed by atoms with van der Waals surface area (Å²) in [7, 11) is 0. The summed E-state index contributed by atoms with van der Waals surface area (Å²) < 4.78 is 1.14. The largest absolute Gasteiger partial charge is 0.393 e. The minimum Gasteiger partial charge on any atom is -0.393 e. The molecule has 0 aliphatic carbocycles. The van der Waals surface area contributed by atoms with E-state index in [2.05, 4.69) is 25.2 Å². The summed E-state index contributed by atoms with van der Waals surface area (Å²) >= 11 is 1.54. The Balaban J connectivity index is 2.11. The van der Waals surface area contributed by atoms with E-state index in [1.54, 1.807) is 6.92 Å². The molecule has 1 aromatic carbocycles. The molecule has 4 heteroatoms. The van der Waals surface area contributed by atoms with E-state index < -0.39 is 0 Å². The van der Waals surface area contributed by atoms with Crippen LogP contribution in [0.4, 0.5) is 0 Å². The molecule has 2 rings (SSSR count). The number of aryl methyl sites for hydroxylation is 1. The number of amides is 1. The Labute approximate surface area is 130 Å². The number of thiophene rings is 1. The Bertz CT molecular complexity index is 643. The van der Waals surface area contributed by atoms with Crippen LogP contribution in [0.3, 0.4) is 0 Å². The summed E-state index contributed by atoms with van der Waals surface area (Å²) in [6, 6.07) is 8.08. The van der Waals surface area contributed by atoms with E-state index in [9.17, 15) is 9.90 Å². The number of carbonyl (C=O) groups excluding carboxylic acids is 1. The van der Waals surface area contributed by atoms with Crippen molar-refractivity contribution in [2.24, 2.45) is 5.41 Å². The van der Waals surface area contributed by atoms with Gasteiger partial charge in [-0.2, -0.15) is 0 Å². The van der Waals surface area contributed by atoms with Crippen LogP contribution in [0.1, 0.15) is 42.4 Å². The topological polar surface area (TPSA) is 49.3 Å². The lowest BCUT2D eigenvalue weighted by Crippen LogP contribution is -2.35. The Hall–Kier alpha value is -1.39. The predicted octanol–water partition coefficient (Wildman–Crippen LogP) is 3.74. The molecule has 0 radical (unpaired) electrons. The molecule has 0 saturated heterocycles. The highest BCUT2D eigenvalue weighted by atomic mass is 32.1. The van der Waals surface area contributed by atoms with Gasteiger partial charge >= 0.3 is 0 Å². The molecular weight excluding hydrogens is 282 g/mol. The zero-order valence-electron chi connectivity index (χ0n) is 13.1. The van der Waals surface area contributed by atoms with Crippen molar-refractivity contribution >= 4 is 27.3 Å². The fraction of sp³-hybridized carbons (Fsp3) is 0.471. The fourth-order valence-corrected chi connectivity index (χ4v) is 3.79. The molecule has 2 aromatic rings. The third-order valence-electron chi connectivity index (χ3n) is 3.63. The predicted molar refractivity (Wildman–Crippen MR) is 89.0 cm³/mol. The van der Waals surface area contributed by atoms with E-state index in [0.717, 1.165) is 20.5 Å². The summed E-state index contributed by atoms with van der Waals surface area (Å²) in [6.45, 7) is 8.44.